The molecule has 2 N–H and O–H groups in total. The van der Waals surface area contributed by atoms with Crippen molar-refractivity contribution < 1.29 is 9.59 Å². The van der Waals surface area contributed by atoms with E-state index in [1.165, 1.54) is 11.3 Å². The number of nitrogens with zero attached hydrogens (tertiary/aromatic N) is 2. The zero-order valence-electron chi connectivity index (χ0n) is 11.2. The number of halogens is 1. The number of hydrogen-bond acceptors (Lipinski definition) is 5. The van der Waals surface area contributed by atoms with Gasteiger partial charge in [-0.05, 0) is 19.8 Å². The molecule has 0 aliphatic carbocycles. The Bertz CT molecular complexity index is 500. The molecule has 1 aliphatic heterocycles. The van der Waals surface area contributed by atoms with E-state index in [0.29, 0.717) is 17.2 Å². The highest BCUT2D eigenvalue weighted by molar-refractivity contribution is 7.18. The average Bonchev–Trinajstić information content (AvgIpc) is 3.07. The summed E-state index contributed by atoms with van der Waals surface area (Å²) in [6.07, 6.45) is 2.25. The molecule has 2 rings (SSSR count). The highest BCUT2D eigenvalue weighted by atomic mass is 35.5. The Morgan fingerprint density at radius 1 is 1.40 bits per heavy atom. The number of alkyl halides is 1. The Morgan fingerprint density at radius 2 is 2.10 bits per heavy atom. The fraction of sp³-hybridized carbons (Fsp3) is 0.583. The number of anilines is 2. The first-order chi connectivity index (χ1) is 9.65. The van der Waals surface area contributed by atoms with Crippen molar-refractivity contribution in [1.82, 2.24) is 10.3 Å². The minimum absolute atomic E-state index is 0.161. The van der Waals surface area contributed by atoms with Crippen LogP contribution in [0, 0.1) is 0 Å². The van der Waals surface area contributed by atoms with Crippen LogP contribution in [0.5, 0.6) is 0 Å². The predicted molar refractivity (Wildman–Crippen MR) is 80.9 cm³/mol. The molecule has 6 nitrogen and oxygen atoms in total. The first-order valence-corrected chi connectivity index (χ1v) is 7.90. The largest absolute Gasteiger partial charge is 0.351 e. The van der Waals surface area contributed by atoms with Gasteiger partial charge < -0.3 is 15.5 Å². The summed E-state index contributed by atoms with van der Waals surface area (Å²) >= 11 is 6.78. The normalized spacial score (nSPS) is 14.4. The summed E-state index contributed by atoms with van der Waals surface area (Å²) in [5.41, 5.74) is 0. The molecule has 1 fully saturated rings. The lowest BCUT2D eigenvalue weighted by Crippen LogP contribution is -2.24. The molecule has 0 saturated carbocycles. The summed E-state index contributed by atoms with van der Waals surface area (Å²) in [6.45, 7) is 4.24. The molecule has 1 saturated heterocycles. The first-order valence-electron chi connectivity index (χ1n) is 6.55. The van der Waals surface area contributed by atoms with E-state index in [2.05, 4.69) is 20.5 Å². The highest BCUT2D eigenvalue weighted by Crippen LogP contribution is 2.31. The SMILES string of the molecule is CCNC(=O)c1sc(N2CCCC2)nc1NC(=O)CCl. The smallest absolute Gasteiger partial charge is 0.265 e. The molecule has 0 spiro atoms. The topological polar surface area (TPSA) is 74.3 Å². The van der Waals surface area contributed by atoms with Crippen LogP contribution in [0.1, 0.15) is 29.4 Å². The number of aromatic nitrogens is 1. The second kappa shape index (κ2) is 6.90. The Hall–Kier alpha value is -1.34. The van der Waals surface area contributed by atoms with Crippen LogP contribution in [0.25, 0.3) is 0 Å². The molecule has 110 valence electrons. The van der Waals surface area contributed by atoms with Crippen LogP contribution < -0.4 is 15.5 Å². The summed E-state index contributed by atoms with van der Waals surface area (Å²) in [5.74, 6) is -0.449. The molecular weight excluding hydrogens is 300 g/mol. The number of carbonyl (C=O) groups is 2. The van der Waals surface area contributed by atoms with E-state index in [1.54, 1.807) is 0 Å². The van der Waals surface area contributed by atoms with Gasteiger partial charge in [0.05, 0.1) is 0 Å². The molecule has 1 aromatic rings. The van der Waals surface area contributed by atoms with E-state index in [9.17, 15) is 9.59 Å². The highest BCUT2D eigenvalue weighted by Gasteiger charge is 2.23. The third-order valence-electron chi connectivity index (χ3n) is 2.92. The van der Waals surface area contributed by atoms with Crippen LogP contribution in [-0.2, 0) is 4.79 Å². The molecule has 0 radical (unpaired) electrons. The molecular formula is C12H17ClN4O2S. The van der Waals surface area contributed by atoms with E-state index in [4.69, 9.17) is 11.6 Å². The minimum atomic E-state index is -0.365. The zero-order chi connectivity index (χ0) is 14.5. The van der Waals surface area contributed by atoms with Gasteiger partial charge in [0, 0.05) is 19.6 Å². The maximum Gasteiger partial charge on any atom is 0.265 e. The van der Waals surface area contributed by atoms with Crippen molar-refractivity contribution in [3.8, 4) is 0 Å². The molecule has 0 bridgehead atoms. The summed E-state index contributed by atoms with van der Waals surface area (Å²) in [5, 5.41) is 6.08. The molecule has 0 aromatic carbocycles. The molecule has 2 heterocycles. The monoisotopic (exact) mass is 316 g/mol. The number of amides is 2. The number of carbonyl (C=O) groups excluding carboxylic acids is 2. The quantitative estimate of drug-likeness (QED) is 0.810. The Kier molecular flexibility index (Phi) is 5.19. The van der Waals surface area contributed by atoms with Gasteiger partial charge in [-0.25, -0.2) is 4.98 Å². The predicted octanol–water partition coefficient (Wildman–Crippen LogP) is 1.67. The number of thiazole rings is 1. The van der Waals surface area contributed by atoms with E-state index in [1.807, 2.05) is 6.92 Å². The summed E-state index contributed by atoms with van der Waals surface area (Å²) < 4.78 is 0. The van der Waals surface area contributed by atoms with Crippen LogP contribution in [0.3, 0.4) is 0 Å². The lowest BCUT2D eigenvalue weighted by atomic mass is 10.4. The third kappa shape index (κ3) is 3.40. The maximum atomic E-state index is 12.0. The Morgan fingerprint density at radius 3 is 2.70 bits per heavy atom. The lowest BCUT2D eigenvalue weighted by Gasteiger charge is -2.12. The van der Waals surface area contributed by atoms with Crippen molar-refractivity contribution in [3.63, 3.8) is 0 Å². The average molecular weight is 317 g/mol. The molecule has 0 atom stereocenters. The van der Waals surface area contributed by atoms with Gasteiger partial charge in [-0.1, -0.05) is 11.3 Å². The van der Waals surface area contributed by atoms with E-state index in [-0.39, 0.29) is 17.7 Å². The molecule has 1 aromatic heterocycles. The van der Waals surface area contributed by atoms with Gasteiger partial charge in [0.1, 0.15) is 10.8 Å². The van der Waals surface area contributed by atoms with Crippen molar-refractivity contribution in [2.45, 2.75) is 19.8 Å². The van der Waals surface area contributed by atoms with Gasteiger partial charge in [-0.15, -0.1) is 11.6 Å². The lowest BCUT2D eigenvalue weighted by molar-refractivity contribution is -0.113. The Balaban J connectivity index is 2.25. The minimum Gasteiger partial charge on any atom is -0.351 e. The van der Waals surface area contributed by atoms with Crippen molar-refractivity contribution in [1.29, 1.82) is 0 Å². The standard InChI is InChI=1S/C12H17ClN4O2S/c1-2-14-11(19)9-10(15-8(18)7-13)16-12(20-9)17-5-3-4-6-17/h2-7H2,1H3,(H,14,19)(H,15,18). The van der Waals surface area contributed by atoms with E-state index < -0.39 is 0 Å². The van der Waals surface area contributed by atoms with Crippen LogP contribution >= 0.6 is 22.9 Å². The van der Waals surface area contributed by atoms with Crippen molar-refractivity contribution in [2.75, 3.05) is 35.7 Å². The number of hydrogen-bond donors (Lipinski definition) is 2. The summed E-state index contributed by atoms with van der Waals surface area (Å²) in [7, 11) is 0. The molecule has 1 aliphatic rings. The van der Waals surface area contributed by atoms with Crippen molar-refractivity contribution >= 4 is 45.7 Å². The maximum absolute atomic E-state index is 12.0. The van der Waals surface area contributed by atoms with Crippen LogP contribution in [-0.4, -0.2) is 42.3 Å². The van der Waals surface area contributed by atoms with Gasteiger partial charge in [0.25, 0.3) is 5.91 Å². The first kappa shape index (κ1) is 15.1. The second-order valence-corrected chi connectivity index (χ2v) is 5.65. The van der Waals surface area contributed by atoms with Crippen molar-refractivity contribution in [2.24, 2.45) is 0 Å². The zero-order valence-corrected chi connectivity index (χ0v) is 12.8. The van der Waals surface area contributed by atoms with E-state index in [0.717, 1.165) is 31.1 Å². The molecule has 2 amide bonds. The molecule has 20 heavy (non-hydrogen) atoms. The fourth-order valence-electron chi connectivity index (χ4n) is 2.00. The second-order valence-electron chi connectivity index (χ2n) is 4.41. The molecule has 0 unspecified atom stereocenters. The third-order valence-corrected chi connectivity index (χ3v) is 4.27. The van der Waals surface area contributed by atoms with Gasteiger partial charge in [-0.3, -0.25) is 9.59 Å². The summed E-state index contributed by atoms with van der Waals surface area (Å²) in [4.78, 5) is 30.4. The van der Waals surface area contributed by atoms with Gasteiger partial charge >= 0.3 is 0 Å². The van der Waals surface area contributed by atoms with Crippen LogP contribution in [0.2, 0.25) is 0 Å². The summed E-state index contributed by atoms with van der Waals surface area (Å²) in [6, 6.07) is 0. The number of nitrogens with one attached hydrogen (secondary N) is 2. The Labute approximate surface area is 126 Å². The van der Waals surface area contributed by atoms with Crippen molar-refractivity contribution in [3.05, 3.63) is 4.88 Å². The van der Waals surface area contributed by atoms with E-state index >= 15 is 0 Å². The van der Waals surface area contributed by atoms with Gasteiger partial charge in [-0.2, -0.15) is 0 Å². The van der Waals surface area contributed by atoms with Gasteiger partial charge in [0.15, 0.2) is 10.9 Å². The number of rotatable bonds is 5. The fourth-order valence-corrected chi connectivity index (χ4v) is 3.05. The van der Waals surface area contributed by atoms with Crippen LogP contribution in [0.15, 0.2) is 0 Å². The van der Waals surface area contributed by atoms with Gasteiger partial charge in [0.2, 0.25) is 5.91 Å². The van der Waals surface area contributed by atoms with Crippen LogP contribution in [0.4, 0.5) is 10.9 Å². The molecule has 8 heteroatoms.